The molecule has 11 heteroatoms. The smallest absolute Gasteiger partial charge is 0.387 e. The topological polar surface area (TPSA) is 84.9 Å². The van der Waals surface area contributed by atoms with Crippen molar-refractivity contribution in [2.75, 3.05) is 19.0 Å². The molecule has 1 aliphatic rings. The molecule has 1 aliphatic heterocycles. The second kappa shape index (κ2) is 10.0. The van der Waals surface area contributed by atoms with Gasteiger partial charge < -0.3 is 14.8 Å². The number of ether oxygens (including phenoxy) is 2. The lowest BCUT2D eigenvalue weighted by Gasteiger charge is -2.13. The van der Waals surface area contributed by atoms with Gasteiger partial charge in [0.25, 0.3) is 11.1 Å². The van der Waals surface area contributed by atoms with Gasteiger partial charge in [-0.15, -0.1) is 0 Å². The number of benzene rings is 2. The van der Waals surface area contributed by atoms with Crippen LogP contribution in [0.25, 0.3) is 6.08 Å². The van der Waals surface area contributed by atoms with Crippen LogP contribution >= 0.6 is 23.4 Å². The van der Waals surface area contributed by atoms with Gasteiger partial charge in [0.15, 0.2) is 11.5 Å². The van der Waals surface area contributed by atoms with Crippen LogP contribution in [0.1, 0.15) is 11.1 Å². The summed E-state index contributed by atoms with van der Waals surface area (Å²) in [6.45, 7) is -1.68. The number of halogens is 3. The molecule has 0 saturated carbocycles. The van der Waals surface area contributed by atoms with E-state index in [1.54, 1.807) is 18.2 Å². The van der Waals surface area contributed by atoms with E-state index >= 15 is 0 Å². The Kier molecular flexibility index (Phi) is 7.37. The Labute approximate surface area is 191 Å². The Balaban J connectivity index is 1.71. The van der Waals surface area contributed by atoms with E-state index in [4.69, 9.17) is 16.3 Å². The number of alkyl halides is 2. The number of hydrogen-bond acceptors (Lipinski definition) is 6. The lowest BCUT2D eigenvalue weighted by atomic mass is 10.2. The molecule has 1 saturated heterocycles. The number of aryl methyl sites for hydroxylation is 1. The second-order valence-corrected chi connectivity index (χ2v) is 7.97. The van der Waals surface area contributed by atoms with E-state index < -0.39 is 30.2 Å². The van der Waals surface area contributed by atoms with Crippen LogP contribution in [0.4, 0.5) is 19.3 Å². The molecular formula is C21H17ClF2N2O5S. The first-order valence-electron chi connectivity index (χ1n) is 9.12. The number of carbonyl (C=O) groups excluding carboxylic acids is 3. The summed E-state index contributed by atoms with van der Waals surface area (Å²) < 4.78 is 34.3. The molecule has 0 spiro atoms. The molecule has 0 bridgehead atoms. The van der Waals surface area contributed by atoms with Crippen LogP contribution < -0.4 is 14.8 Å². The van der Waals surface area contributed by atoms with Crippen molar-refractivity contribution in [2.45, 2.75) is 13.5 Å². The summed E-state index contributed by atoms with van der Waals surface area (Å²) in [7, 11) is 1.28. The van der Waals surface area contributed by atoms with Crippen molar-refractivity contribution < 1.29 is 32.6 Å². The normalized spacial score (nSPS) is 14.9. The van der Waals surface area contributed by atoms with Crippen molar-refractivity contribution in [3.05, 3.63) is 57.5 Å². The summed E-state index contributed by atoms with van der Waals surface area (Å²) >= 11 is 6.69. The van der Waals surface area contributed by atoms with Crippen molar-refractivity contribution in [3.63, 3.8) is 0 Å². The van der Waals surface area contributed by atoms with Crippen LogP contribution in [-0.2, 0) is 9.59 Å². The third-order valence-corrected chi connectivity index (χ3v) is 5.65. The molecule has 32 heavy (non-hydrogen) atoms. The molecule has 0 aliphatic carbocycles. The van der Waals surface area contributed by atoms with Gasteiger partial charge >= 0.3 is 6.61 Å². The summed E-state index contributed by atoms with van der Waals surface area (Å²) in [4.78, 5) is 38.1. The third kappa shape index (κ3) is 5.57. The zero-order chi connectivity index (χ0) is 23.4. The minimum Gasteiger partial charge on any atom is -0.493 e. The van der Waals surface area contributed by atoms with E-state index in [0.29, 0.717) is 28.0 Å². The molecule has 2 aromatic rings. The lowest BCUT2D eigenvalue weighted by molar-refractivity contribution is -0.127. The Morgan fingerprint density at radius 3 is 2.62 bits per heavy atom. The highest BCUT2D eigenvalue weighted by atomic mass is 35.5. The van der Waals surface area contributed by atoms with Crippen LogP contribution in [0, 0.1) is 6.92 Å². The fraction of sp³-hybridized carbons (Fsp3) is 0.190. The van der Waals surface area contributed by atoms with Crippen molar-refractivity contribution in [2.24, 2.45) is 0 Å². The average molecular weight is 483 g/mol. The highest BCUT2D eigenvalue weighted by Crippen LogP contribution is 2.35. The molecule has 1 fully saturated rings. The number of nitrogens with zero attached hydrogens (tertiary/aromatic N) is 1. The molecule has 1 heterocycles. The van der Waals surface area contributed by atoms with Crippen LogP contribution in [-0.4, -0.2) is 42.2 Å². The van der Waals surface area contributed by atoms with Crippen LogP contribution in [0.5, 0.6) is 11.5 Å². The maximum absolute atomic E-state index is 12.6. The number of amides is 3. The fourth-order valence-corrected chi connectivity index (χ4v) is 3.79. The predicted octanol–water partition coefficient (Wildman–Crippen LogP) is 4.93. The summed E-state index contributed by atoms with van der Waals surface area (Å²) in [5.41, 5.74) is 1.70. The van der Waals surface area contributed by atoms with Gasteiger partial charge in [-0.1, -0.05) is 23.7 Å². The SMILES string of the molecule is COc1cc(/C=C2\SC(=O)N(CC(=O)Nc3ccc(C)c(Cl)c3)C2=O)ccc1OC(F)F. The number of thioether (sulfide) groups is 1. The van der Waals surface area contributed by atoms with Crippen molar-refractivity contribution in [3.8, 4) is 11.5 Å². The molecule has 2 aromatic carbocycles. The largest absolute Gasteiger partial charge is 0.493 e. The maximum atomic E-state index is 12.6. The van der Waals surface area contributed by atoms with Crippen LogP contribution in [0.3, 0.4) is 0 Å². The van der Waals surface area contributed by atoms with Gasteiger partial charge in [-0.3, -0.25) is 19.3 Å². The Hall–Kier alpha value is -3.11. The second-order valence-electron chi connectivity index (χ2n) is 6.57. The number of rotatable bonds is 7. The van der Waals surface area contributed by atoms with Crippen molar-refractivity contribution >= 4 is 52.2 Å². The first-order chi connectivity index (χ1) is 15.2. The van der Waals surface area contributed by atoms with Crippen LogP contribution in [0.15, 0.2) is 41.3 Å². The molecule has 3 amide bonds. The number of carbonyl (C=O) groups is 3. The average Bonchev–Trinajstić information content (AvgIpc) is 2.98. The number of anilines is 1. The van der Waals surface area contributed by atoms with Crippen molar-refractivity contribution in [1.29, 1.82) is 0 Å². The summed E-state index contributed by atoms with van der Waals surface area (Å²) in [6, 6.07) is 9.04. The van der Waals surface area contributed by atoms with Gasteiger partial charge in [-0.05, 0) is 60.2 Å². The Bertz CT molecular complexity index is 1110. The maximum Gasteiger partial charge on any atom is 0.387 e. The first-order valence-corrected chi connectivity index (χ1v) is 10.3. The molecule has 0 unspecified atom stereocenters. The molecular weight excluding hydrogens is 466 g/mol. The Morgan fingerprint density at radius 1 is 1.22 bits per heavy atom. The first kappa shape index (κ1) is 23.6. The Morgan fingerprint density at radius 2 is 1.97 bits per heavy atom. The molecule has 0 atom stereocenters. The van der Waals surface area contributed by atoms with Gasteiger partial charge in [0.2, 0.25) is 5.91 Å². The van der Waals surface area contributed by atoms with Gasteiger partial charge in [-0.25, -0.2) is 0 Å². The standard InChI is InChI=1S/C21H17ClF2N2O5S/c1-11-3-5-13(9-14(11)22)25-18(27)10-26-19(28)17(32-21(26)29)8-12-4-6-15(31-20(23)24)16(7-12)30-2/h3-9,20H,10H2,1-2H3,(H,25,27)/b17-8-. The number of imide groups is 1. The molecule has 0 radical (unpaired) electrons. The zero-order valence-electron chi connectivity index (χ0n) is 16.9. The monoisotopic (exact) mass is 482 g/mol. The summed E-state index contributed by atoms with van der Waals surface area (Å²) in [5.74, 6) is -1.34. The van der Waals surface area contributed by atoms with E-state index in [0.717, 1.165) is 10.5 Å². The minimum atomic E-state index is -3.02. The van der Waals surface area contributed by atoms with E-state index in [1.807, 2.05) is 6.92 Å². The van der Waals surface area contributed by atoms with Crippen molar-refractivity contribution in [1.82, 2.24) is 4.90 Å². The summed E-state index contributed by atoms with van der Waals surface area (Å²) in [5, 5.41) is 2.45. The van der Waals surface area contributed by atoms with E-state index in [-0.39, 0.29) is 16.4 Å². The number of hydrogen-bond donors (Lipinski definition) is 1. The predicted molar refractivity (Wildman–Crippen MR) is 117 cm³/mol. The van der Waals surface area contributed by atoms with E-state index in [1.165, 1.54) is 31.4 Å². The molecule has 7 nitrogen and oxygen atoms in total. The highest BCUT2D eigenvalue weighted by molar-refractivity contribution is 8.18. The fourth-order valence-electron chi connectivity index (χ4n) is 2.77. The quantitative estimate of drug-likeness (QED) is 0.563. The van der Waals surface area contributed by atoms with Gasteiger partial charge in [0.1, 0.15) is 6.54 Å². The lowest BCUT2D eigenvalue weighted by Crippen LogP contribution is -2.36. The zero-order valence-corrected chi connectivity index (χ0v) is 18.4. The minimum absolute atomic E-state index is 0.0365. The summed E-state index contributed by atoms with van der Waals surface area (Å²) in [6.07, 6.45) is 1.40. The molecule has 3 rings (SSSR count). The third-order valence-electron chi connectivity index (χ3n) is 4.33. The van der Waals surface area contributed by atoms with Gasteiger partial charge in [-0.2, -0.15) is 8.78 Å². The molecule has 168 valence electrons. The van der Waals surface area contributed by atoms with Gasteiger partial charge in [0.05, 0.1) is 12.0 Å². The number of nitrogens with one attached hydrogen (secondary N) is 1. The molecule has 0 aromatic heterocycles. The van der Waals surface area contributed by atoms with E-state index in [9.17, 15) is 23.2 Å². The number of methoxy groups -OCH3 is 1. The highest BCUT2D eigenvalue weighted by Gasteiger charge is 2.36. The van der Waals surface area contributed by atoms with Gasteiger partial charge in [0, 0.05) is 10.7 Å². The van der Waals surface area contributed by atoms with E-state index in [2.05, 4.69) is 10.1 Å². The van der Waals surface area contributed by atoms with Crippen LogP contribution in [0.2, 0.25) is 5.02 Å². The molecule has 1 N–H and O–H groups in total.